The molecule has 0 saturated heterocycles. The molecule has 6 heteroatoms. The second kappa shape index (κ2) is 5.97. The van der Waals surface area contributed by atoms with Gasteiger partial charge in [0, 0.05) is 41.3 Å². The first kappa shape index (κ1) is 15.1. The van der Waals surface area contributed by atoms with Crippen LogP contribution in [0.4, 0.5) is 0 Å². The van der Waals surface area contributed by atoms with E-state index >= 15 is 0 Å². The number of hydrogen-bond acceptors (Lipinski definition) is 4. The van der Waals surface area contributed by atoms with Gasteiger partial charge in [-0.15, -0.1) is 11.3 Å². The molecular formula is C19H20N4OS. The highest BCUT2D eigenvalue weighted by molar-refractivity contribution is 7.11. The summed E-state index contributed by atoms with van der Waals surface area (Å²) >= 11 is 1.75. The molecule has 25 heavy (non-hydrogen) atoms. The molecule has 1 fully saturated rings. The van der Waals surface area contributed by atoms with E-state index in [0.717, 1.165) is 35.4 Å². The fourth-order valence-corrected chi connectivity index (χ4v) is 4.46. The van der Waals surface area contributed by atoms with Crippen molar-refractivity contribution >= 4 is 28.1 Å². The minimum Gasteiger partial charge on any atom is -0.351 e. The molecule has 0 unspecified atom stereocenters. The summed E-state index contributed by atoms with van der Waals surface area (Å²) in [5.41, 5.74) is 2.86. The molecule has 0 atom stereocenters. The molecule has 1 aliphatic heterocycles. The lowest BCUT2D eigenvalue weighted by Gasteiger charge is -2.25. The van der Waals surface area contributed by atoms with E-state index in [2.05, 4.69) is 10.3 Å². The third-order valence-electron chi connectivity index (χ3n) is 4.94. The van der Waals surface area contributed by atoms with E-state index in [-0.39, 0.29) is 5.91 Å². The Bertz CT molecular complexity index is 907. The van der Waals surface area contributed by atoms with Crippen molar-refractivity contribution in [3.05, 3.63) is 51.6 Å². The molecular weight excluding hydrogens is 332 g/mol. The third-order valence-corrected chi connectivity index (χ3v) is 6.02. The van der Waals surface area contributed by atoms with Crippen molar-refractivity contribution in [2.45, 2.75) is 38.4 Å². The second-order valence-electron chi connectivity index (χ2n) is 6.88. The van der Waals surface area contributed by atoms with Gasteiger partial charge >= 0.3 is 0 Å². The molecule has 1 amide bonds. The summed E-state index contributed by atoms with van der Waals surface area (Å²) in [4.78, 5) is 24.1. The molecule has 5 rings (SSSR count). The van der Waals surface area contributed by atoms with Gasteiger partial charge in [0.1, 0.15) is 10.7 Å². The first-order chi connectivity index (χ1) is 12.3. The number of aromatic amines is 1. The van der Waals surface area contributed by atoms with Gasteiger partial charge in [-0.3, -0.25) is 4.79 Å². The van der Waals surface area contributed by atoms with E-state index in [1.807, 2.05) is 35.2 Å². The van der Waals surface area contributed by atoms with E-state index in [9.17, 15) is 4.79 Å². The number of rotatable bonds is 4. The van der Waals surface area contributed by atoms with Crippen molar-refractivity contribution < 1.29 is 4.79 Å². The lowest BCUT2D eigenvalue weighted by Crippen LogP contribution is -2.35. The number of carbonyl (C=O) groups excluding carboxylic acids is 1. The molecule has 3 heterocycles. The molecule has 0 radical (unpaired) electrons. The van der Waals surface area contributed by atoms with Crippen LogP contribution in [0, 0.1) is 0 Å². The van der Waals surface area contributed by atoms with Crippen molar-refractivity contribution in [1.29, 1.82) is 0 Å². The number of carbonyl (C=O) groups is 1. The summed E-state index contributed by atoms with van der Waals surface area (Å²) in [5, 5.41) is 5.75. The monoisotopic (exact) mass is 352 g/mol. The lowest BCUT2D eigenvalue weighted by atomic mass is 10.1. The Morgan fingerprint density at radius 1 is 1.36 bits per heavy atom. The number of hydrogen-bond donors (Lipinski definition) is 2. The Hall–Kier alpha value is -2.18. The average molecular weight is 352 g/mol. The number of para-hydroxylation sites is 1. The van der Waals surface area contributed by atoms with E-state index in [4.69, 9.17) is 4.98 Å². The standard InChI is InChI=1S/C19H20N4OS/c24-19(16-9-12-3-1-2-4-14(12)21-16)23-8-7-15-17(11-23)25-18(22-15)10-20-13-5-6-13/h1-4,9,13,20-21H,5-8,10-11H2. The molecule has 3 aromatic rings. The highest BCUT2D eigenvalue weighted by Crippen LogP contribution is 2.27. The number of fused-ring (bicyclic) bond motifs is 2. The minimum atomic E-state index is 0.0768. The Morgan fingerprint density at radius 2 is 2.24 bits per heavy atom. The molecule has 0 spiro atoms. The van der Waals surface area contributed by atoms with Crippen LogP contribution >= 0.6 is 11.3 Å². The predicted octanol–water partition coefficient (Wildman–Crippen LogP) is 3.07. The van der Waals surface area contributed by atoms with Crippen molar-refractivity contribution in [3.8, 4) is 0 Å². The Kier molecular flexibility index (Phi) is 3.60. The van der Waals surface area contributed by atoms with Gasteiger partial charge in [0.2, 0.25) is 0 Å². The molecule has 1 saturated carbocycles. The summed E-state index contributed by atoms with van der Waals surface area (Å²) in [6.07, 6.45) is 3.43. The number of nitrogens with one attached hydrogen (secondary N) is 2. The SMILES string of the molecule is O=C(c1cc2ccccc2[nH]1)N1CCc2nc(CNC3CC3)sc2C1. The van der Waals surface area contributed by atoms with Crippen molar-refractivity contribution in [2.24, 2.45) is 0 Å². The van der Waals surface area contributed by atoms with E-state index < -0.39 is 0 Å². The maximum absolute atomic E-state index is 12.9. The topological polar surface area (TPSA) is 61.0 Å². The van der Waals surface area contributed by atoms with Gasteiger partial charge in [-0.05, 0) is 25.0 Å². The zero-order chi connectivity index (χ0) is 16.8. The first-order valence-corrected chi connectivity index (χ1v) is 9.66. The van der Waals surface area contributed by atoms with Crippen molar-refractivity contribution in [3.63, 3.8) is 0 Å². The number of amides is 1. The van der Waals surface area contributed by atoms with Crippen LogP contribution in [-0.4, -0.2) is 33.4 Å². The quantitative estimate of drug-likeness (QED) is 0.759. The van der Waals surface area contributed by atoms with Crippen LogP contribution < -0.4 is 5.32 Å². The van der Waals surface area contributed by atoms with Crippen LogP contribution in [0.5, 0.6) is 0 Å². The van der Waals surface area contributed by atoms with Crippen LogP contribution in [0.1, 0.15) is 38.9 Å². The number of nitrogens with zero attached hydrogens (tertiary/aromatic N) is 2. The molecule has 2 N–H and O–H groups in total. The van der Waals surface area contributed by atoms with Gasteiger partial charge in [0.25, 0.3) is 5.91 Å². The van der Waals surface area contributed by atoms with Crippen LogP contribution in [0.25, 0.3) is 10.9 Å². The molecule has 0 bridgehead atoms. The van der Waals surface area contributed by atoms with Gasteiger partial charge in [-0.2, -0.15) is 0 Å². The highest BCUT2D eigenvalue weighted by Gasteiger charge is 2.26. The predicted molar refractivity (Wildman–Crippen MR) is 98.7 cm³/mol. The summed E-state index contributed by atoms with van der Waals surface area (Å²) in [6.45, 7) is 2.27. The fraction of sp³-hybridized carbons (Fsp3) is 0.368. The molecule has 5 nitrogen and oxygen atoms in total. The zero-order valence-corrected chi connectivity index (χ0v) is 14.7. The van der Waals surface area contributed by atoms with E-state index in [1.165, 1.54) is 23.4 Å². The molecule has 2 aromatic heterocycles. The number of benzene rings is 1. The van der Waals surface area contributed by atoms with E-state index in [1.54, 1.807) is 11.3 Å². The minimum absolute atomic E-state index is 0.0768. The third kappa shape index (κ3) is 2.96. The van der Waals surface area contributed by atoms with Crippen LogP contribution in [0.3, 0.4) is 0 Å². The van der Waals surface area contributed by atoms with Crippen LogP contribution in [0.2, 0.25) is 0 Å². The van der Waals surface area contributed by atoms with Crippen LogP contribution in [-0.2, 0) is 19.5 Å². The molecule has 1 aromatic carbocycles. The number of H-pyrrole nitrogens is 1. The summed E-state index contributed by atoms with van der Waals surface area (Å²) in [6, 6.07) is 10.6. The fourth-order valence-electron chi connectivity index (χ4n) is 3.38. The number of thiazole rings is 1. The van der Waals surface area contributed by atoms with Gasteiger partial charge < -0.3 is 15.2 Å². The zero-order valence-electron chi connectivity index (χ0n) is 13.9. The second-order valence-corrected chi connectivity index (χ2v) is 8.05. The Morgan fingerprint density at radius 3 is 3.08 bits per heavy atom. The van der Waals surface area contributed by atoms with Gasteiger partial charge in [0.15, 0.2) is 0 Å². The molecule has 128 valence electrons. The van der Waals surface area contributed by atoms with Crippen molar-refractivity contribution in [2.75, 3.05) is 6.54 Å². The molecule has 1 aliphatic carbocycles. The smallest absolute Gasteiger partial charge is 0.270 e. The summed E-state index contributed by atoms with van der Waals surface area (Å²) in [7, 11) is 0. The maximum Gasteiger partial charge on any atom is 0.270 e. The Balaban J connectivity index is 1.32. The largest absolute Gasteiger partial charge is 0.351 e. The normalized spacial score (nSPS) is 17.0. The number of aromatic nitrogens is 2. The highest BCUT2D eigenvalue weighted by atomic mass is 32.1. The lowest BCUT2D eigenvalue weighted by molar-refractivity contribution is 0.0731. The summed E-state index contributed by atoms with van der Waals surface area (Å²) in [5.74, 6) is 0.0768. The van der Waals surface area contributed by atoms with Gasteiger partial charge in [-0.1, -0.05) is 18.2 Å². The Labute approximate surface area is 150 Å². The van der Waals surface area contributed by atoms with Gasteiger partial charge in [0.05, 0.1) is 12.2 Å². The van der Waals surface area contributed by atoms with E-state index in [0.29, 0.717) is 18.3 Å². The average Bonchev–Trinajstić information content (AvgIpc) is 3.22. The summed E-state index contributed by atoms with van der Waals surface area (Å²) < 4.78 is 0. The van der Waals surface area contributed by atoms with Gasteiger partial charge in [-0.25, -0.2) is 4.98 Å². The van der Waals surface area contributed by atoms with Crippen LogP contribution in [0.15, 0.2) is 30.3 Å². The maximum atomic E-state index is 12.9. The first-order valence-electron chi connectivity index (χ1n) is 8.84. The van der Waals surface area contributed by atoms with Crippen molar-refractivity contribution in [1.82, 2.24) is 20.2 Å². The molecule has 2 aliphatic rings.